The molecule has 7 heteroatoms. The summed E-state index contributed by atoms with van der Waals surface area (Å²) in [6, 6.07) is 2.65. The van der Waals surface area contributed by atoms with E-state index in [0.29, 0.717) is 18.4 Å². The lowest BCUT2D eigenvalue weighted by molar-refractivity contribution is 0.0835. The summed E-state index contributed by atoms with van der Waals surface area (Å²) in [6.45, 7) is 13.9. The fraction of sp³-hybridized carbons (Fsp3) is 0.387. The van der Waals surface area contributed by atoms with Crippen molar-refractivity contribution < 1.29 is 34.7 Å². The fourth-order valence-corrected chi connectivity index (χ4v) is 4.63. The third-order valence-electron chi connectivity index (χ3n) is 6.85. The zero-order valence-electron chi connectivity index (χ0n) is 23.0. The van der Waals surface area contributed by atoms with Gasteiger partial charge >= 0.3 is 0 Å². The van der Waals surface area contributed by atoms with E-state index in [1.807, 2.05) is 40.7 Å². The number of fused-ring (bicyclic) bond motifs is 1. The van der Waals surface area contributed by atoms with Gasteiger partial charge in [-0.1, -0.05) is 35.5 Å². The molecule has 0 spiro atoms. The van der Waals surface area contributed by atoms with Crippen molar-refractivity contribution in [2.45, 2.75) is 66.4 Å². The van der Waals surface area contributed by atoms with E-state index in [1.165, 1.54) is 19.2 Å². The zero-order chi connectivity index (χ0) is 28.3. The molecule has 204 valence electrons. The number of rotatable bonds is 9. The van der Waals surface area contributed by atoms with Gasteiger partial charge in [-0.05, 0) is 59.8 Å². The van der Waals surface area contributed by atoms with Gasteiger partial charge in [-0.3, -0.25) is 4.79 Å². The van der Waals surface area contributed by atoms with E-state index in [0.717, 1.165) is 16.7 Å². The number of phenolic OH excluding ortho intramolecular Hbond substituents is 4. The molecule has 0 radical (unpaired) electrons. The molecule has 7 nitrogen and oxygen atoms in total. The van der Waals surface area contributed by atoms with Crippen molar-refractivity contribution in [2.75, 3.05) is 7.11 Å². The second-order valence-electron chi connectivity index (χ2n) is 10.4. The molecule has 0 amide bonds. The Morgan fingerprint density at radius 3 is 2.16 bits per heavy atom. The summed E-state index contributed by atoms with van der Waals surface area (Å²) in [4.78, 5) is 13.5. The summed E-state index contributed by atoms with van der Waals surface area (Å²) in [5, 5.41) is 43.8. The van der Waals surface area contributed by atoms with Gasteiger partial charge in [0.25, 0.3) is 0 Å². The molecule has 3 rings (SSSR count). The molecule has 2 aromatic carbocycles. The number of ether oxygens (including phenoxy) is 2. The molecule has 2 unspecified atom stereocenters. The van der Waals surface area contributed by atoms with Gasteiger partial charge in [-0.25, -0.2) is 0 Å². The molecule has 0 aliphatic carbocycles. The molecule has 0 saturated heterocycles. The number of ketones is 1. The number of methoxy groups -OCH3 is 1. The van der Waals surface area contributed by atoms with Crippen molar-refractivity contribution in [3.63, 3.8) is 0 Å². The molecule has 2 aromatic rings. The first kappa shape index (κ1) is 28.7. The molecule has 0 aromatic heterocycles. The van der Waals surface area contributed by atoms with Crippen molar-refractivity contribution in [1.82, 2.24) is 0 Å². The lowest BCUT2D eigenvalue weighted by Crippen LogP contribution is -2.23. The van der Waals surface area contributed by atoms with Gasteiger partial charge in [0.1, 0.15) is 46.2 Å². The van der Waals surface area contributed by atoms with Crippen molar-refractivity contribution in [3.05, 3.63) is 69.8 Å². The maximum absolute atomic E-state index is 13.5. The predicted octanol–water partition coefficient (Wildman–Crippen LogP) is 6.82. The SMILES string of the molecule is C=C(C)C(CC=C(C)C)Cc1c(O)c(CC=C(C)C)c(O)c2c1OC(c1c(O)cc(OC)cc1O)CC2=O. The quantitative estimate of drug-likeness (QED) is 0.267. The third-order valence-corrected chi connectivity index (χ3v) is 6.85. The van der Waals surface area contributed by atoms with Crippen molar-refractivity contribution >= 4 is 5.78 Å². The highest BCUT2D eigenvalue weighted by Gasteiger charge is 2.38. The first-order valence-corrected chi connectivity index (χ1v) is 12.7. The van der Waals surface area contributed by atoms with E-state index in [4.69, 9.17) is 9.47 Å². The van der Waals surface area contributed by atoms with Gasteiger partial charge in [0.2, 0.25) is 0 Å². The van der Waals surface area contributed by atoms with E-state index in [9.17, 15) is 25.2 Å². The number of Topliss-reactive ketones (excluding diaryl/α,β-unsaturated/α-hetero) is 1. The second-order valence-corrected chi connectivity index (χ2v) is 10.4. The van der Waals surface area contributed by atoms with Crippen LogP contribution in [-0.4, -0.2) is 33.3 Å². The molecule has 1 aliphatic heterocycles. The van der Waals surface area contributed by atoms with E-state index in [1.54, 1.807) is 0 Å². The van der Waals surface area contributed by atoms with Crippen LogP contribution in [0, 0.1) is 5.92 Å². The van der Waals surface area contributed by atoms with Crippen LogP contribution in [0.4, 0.5) is 0 Å². The van der Waals surface area contributed by atoms with Crippen LogP contribution in [0.3, 0.4) is 0 Å². The summed E-state index contributed by atoms with van der Waals surface area (Å²) in [5.41, 5.74) is 3.72. The first-order chi connectivity index (χ1) is 17.8. The number of phenols is 4. The monoisotopic (exact) mass is 522 g/mol. The second kappa shape index (κ2) is 11.7. The lowest BCUT2D eigenvalue weighted by Gasteiger charge is -2.31. The lowest BCUT2D eigenvalue weighted by atomic mass is 9.84. The van der Waals surface area contributed by atoms with Gasteiger partial charge in [0.05, 0.1) is 19.1 Å². The van der Waals surface area contributed by atoms with Crippen molar-refractivity contribution in [2.24, 2.45) is 5.92 Å². The summed E-state index contributed by atoms with van der Waals surface area (Å²) in [5.74, 6) is -1.22. The molecule has 4 N–H and O–H groups in total. The average Bonchev–Trinajstić information content (AvgIpc) is 2.81. The predicted molar refractivity (Wildman–Crippen MR) is 148 cm³/mol. The zero-order valence-corrected chi connectivity index (χ0v) is 23.0. The molecule has 1 heterocycles. The maximum Gasteiger partial charge on any atom is 0.174 e. The van der Waals surface area contributed by atoms with Crippen LogP contribution >= 0.6 is 0 Å². The van der Waals surface area contributed by atoms with E-state index in [-0.39, 0.29) is 69.9 Å². The topological polar surface area (TPSA) is 116 Å². The van der Waals surface area contributed by atoms with Crippen LogP contribution in [0.5, 0.6) is 34.5 Å². The number of hydrogen-bond acceptors (Lipinski definition) is 7. The minimum absolute atomic E-state index is 0.00127. The molecule has 2 atom stereocenters. The number of allylic oxidation sites excluding steroid dienone is 5. The van der Waals surface area contributed by atoms with Crippen LogP contribution in [0.1, 0.15) is 80.6 Å². The molecule has 1 aliphatic rings. The molecular weight excluding hydrogens is 484 g/mol. The summed E-state index contributed by atoms with van der Waals surface area (Å²) < 4.78 is 11.3. The minimum Gasteiger partial charge on any atom is -0.507 e. The maximum atomic E-state index is 13.5. The average molecular weight is 523 g/mol. The number of carbonyl (C=O) groups is 1. The van der Waals surface area contributed by atoms with Gasteiger partial charge < -0.3 is 29.9 Å². The number of benzene rings is 2. The van der Waals surface area contributed by atoms with Crippen molar-refractivity contribution in [3.8, 4) is 34.5 Å². The summed E-state index contributed by atoms with van der Waals surface area (Å²) in [6.07, 6.45) is 3.93. The van der Waals surface area contributed by atoms with Gasteiger partial charge in [-0.2, -0.15) is 0 Å². The Hall–Kier alpha value is -3.87. The third kappa shape index (κ3) is 5.98. The van der Waals surface area contributed by atoms with Gasteiger partial charge in [-0.15, -0.1) is 0 Å². The van der Waals surface area contributed by atoms with E-state index < -0.39 is 11.9 Å². The van der Waals surface area contributed by atoms with Crippen LogP contribution < -0.4 is 9.47 Å². The Morgan fingerprint density at radius 2 is 1.63 bits per heavy atom. The molecular formula is C31H38O7. The Balaban J connectivity index is 2.22. The minimum atomic E-state index is -1.04. The highest BCUT2D eigenvalue weighted by atomic mass is 16.5. The Labute approximate surface area is 224 Å². The summed E-state index contributed by atoms with van der Waals surface area (Å²) in [7, 11) is 1.41. The molecule has 0 fully saturated rings. The smallest absolute Gasteiger partial charge is 0.174 e. The first-order valence-electron chi connectivity index (χ1n) is 12.7. The largest absolute Gasteiger partial charge is 0.507 e. The van der Waals surface area contributed by atoms with Crippen molar-refractivity contribution in [1.29, 1.82) is 0 Å². The van der Waals surface area contributed by atoms with E-state index >= 15 is 0 Å². The standard InChI is InChI=1S/C31H38O7/c1-16(2)8-10-19(18(5)6)12-22-29(35)21(11-9-17(3)4)30(36)28-25(34)15-26(38-31(22)28)27-23(32)13-20(37-7)14-24(27)33/h8-9,13-14,19,26,32-33,35-36H,5,10-12,15H2,1-4,6-7H3. The Kier molecular flexibility index (Phi) is 8.82. The molecule has 0 bridgehead atoms. The fourth-order valence-electron chi connectivity index (χ4n) is 4.63. The molecule has 38 heavy (non-hydrogen) atoms. The van der Waals surface area contributed by atoms with Gasteiger partial charge in [0.15, 0.2) is 5.78 Å². The highest BCUT2D eigenvalue weighted by molar-refractivity contribution is 6.04. The van der Waals surface area contributed by atoms with Gasteiger partial charge in [0, 0.05) is 23.3 Å². The van der Waals surface area contributed by atoms with Crippen LogP contribution in [0.2, 0.25) is 0 Å². The number of hydrogen-bond donors (Lipinski definition) is 4. The van der Waals surface area contributed by atoms with Crippen LogP contribution in [-0.2, 0) is 12.8 Å². The highest BCUT2D eigenvalue weighted by Crippen LogP contribution is 2.51. The number of aromatic hydroxyl groups is 4. The molecule has 0 saturated carbocycles. The van der Waals surface area contributed by atoms with Crippen LogP contribution in [0.25, 0.3) is 0 Å². The Bertz CT molecular complexity index is 1290. The summed E-state index contributed by atoms with van der Waals surface area (Å²) >= 11 is 0. The Morgan fingerprint density at radius 1 is 1.03 bits per heavy atom. The van der Waals surface area contributed by atoms with Crippen LogP contribution in [0.15, 0.2) is 47.6 Å². The van der Waals surface area contributed by atoms with E-state index in [2.05, 4.69) is 12.7 Å². The number of carbonyl (C=O) groups excluding carboxylic acids is 1. The normalized spacial score (nSPS) is 15.2.